The lowest BCUT2D eigenvalue weighted by Crippen LogP contribution is -2.44. The molecule has 0 radical (unpaired) electrons. The smallest absolute Gasteiger partial charge is 0.133 e. The lowest BCUT2D eigenvalue weighted by Gasteiger charge is -2.15. The highest BCUT2D eigenvalue weighted by Crippen LogP contribution is 1.85. The standard InChI is InChI=1S/C7H17N3O/c1-3-7(10-8-2)6-9-4-5-11/h5,7-10H,3-4,6H2,1-2H3. The number of aldehydes is 1. The fourth-order valence-corrected chi connectivity index (χ4v) is 0.818. The second kappa shape index (κ2) is 7.65. The van der Waals surface area contributed by atoms with Crippen molar-refractivity contribution < 1.29 is 4.79 Å². The molecule has 0 aromatic carbocycles. The molecule has 11 heavy (non-hydrogen) atoms. The van der Waals surface area contributed by atoms with E-state index in [2.05, 4.69) is 23.1 Å². The van der Waals surface area contributed by atoms with E-state index in [1.165, 1.54) is 0 Å². The molecule has 0 saturated carbocycles. The topological polar surface area (TPSA) is 53.2 Å². The number of carbonyl (C=O) groups excluding carboxylic acids is 1. The minimum Gasteiger partial charge on any atom is -0.309 e. The van der Waals surface area contributed by atoms with Crippen LogP contribution in [-0.4, -0.2) is 32.5 Å². The van der Waals surface area contributed by atoms with E-state index in [1.807, 2.05) is 7.05 Å². The van der Waals surface area contributed by atoms with Crippen molar-refractivity contribution in [3.8, 4) is 0 Å². The fourth-order valence-electron chi connectivity index (χ4n) is 0.818. The van der Waals surface area contributed by atoms with Gasteiger partial charge in [0.25, 0.3) is 0 Å². The Morgan fingerprint density at radius 2 is 2.27 bits per heavy atom. The van der Waals surface area contributed by atoms with Crippen molar-refractivity contribution in [2.24, 2.45) is 0 Å². The molecule has 0 spiro atoms. The van der Waals surface area contributed by atoms with E-state index in [9.17, 15) is 4.79 Å². The SMILES string of the molecule is CCC(CNCC=O)NNC. The monoisotopic (exact) mass is 159 g/mol. The van der Waals surface area contributed by atoms with Gasteiger partial charge in [-0.2, -0.15) is 0 Å². The van der Waals surface area contributed by atoms with Gasteiger partial charge in [0, 0.05) is 12.6 Å². The molecule has 0 heterocycles. The summed E-state index contributed by atoms with van der Waals surface area (Å²) in [5.74, 6) is 0. The summed E-state index contributed by atoms with van der Waals surface area (Å²) in [7, 11) is 1.84. The second-order valence-electron chi connectivity index (χ2n) is 2.32. The van der Waals surface area contributed by atoms with Crippen LogP contribution in [0.2, 0.25) is 0 Å². The van der Waals surface area contributed by atoms with Crippen molar-refractivity contribution in [2.45, 2.75) is 19.4 Å². The van der Waals surface area contributed by atoms with Gasteiger partial charge in [0.1, 0.15) is 6.29 Å². The Morgan fingerprint density at radius 3 is 2.73 bits per heavy atom. The van der Waals surface area contributed by atoms with Crippen molar-refractivity contribution in [2.75, 3.05) is 20.1 Å². The lowest BCUT2D eigenvalue weighted by molar-refractivity contribution is -0.107. The van der Waals surface area contributed by atoms with Crippen molar-refractivity contribution in [3.63, 3.8) is 0 Å². The summed E-state index contributed by atoms with van der Waals surface area (Å²) in [5, 5.41) is 3.00. The number of nitrogens with one attached hydrogen (secondary N) is 3. The molecule has 0 bridgehead atoms. The van der Waals surface area contributed by atoms with E-state index in [0.29, 0.717) is 12.6 Å². The third kappa shape index (κ3) is 5.97. The zero-order valence-electron chi connectivity index (χ0n) is 7.18. The normalized spacial score (nSPS) is 12.9. The second-order valence-corrected chi connectivity index (χ2v) is 2.32. The predicted molar refractivity (Wildman–Crippen MR) is 45.2 cm³/mol. The molecule has 0 amide bonds. The number of hydrogen-bond donors (Lipinski definition) is 3. The molecule has 1 atom stereocenters. The van der Waals surface area contributed by atoms with Crippen LogP contribution in [0.5, 0.6) is 0 Å². The van der Waals surface area contributed by atoms with E-state index in [4.69, 9.17) is 0 Å². The van der Waals surface area contributed by atoms with Crippen LogP contribution in [0, 0.1) is 0 Å². The number of hydrogen-bond acceptors (Lipinski definition) is 4. The molecule has 4 nitrogen and oxygen atoms in total. The Morgan fingerprint density at radius 1 is 1.55 bits per heavy atom. The summed E-state index contributed by atoms with van der Waals surface area (Å²) >= 11 is 0. The molecule has 0 fully saturated rings. The maximum atomic E-state index is 9.93. The quantitative estimate of drug-likeness (QED) is 0.261. The molecule has 0 aromatic rings. The first kappa shape index (κ1) is 10.6. The van der Waals surface area contributed by atoms with Gasteiger partial charge < -0.3 is 10.1 Å². The number of rotatable bonds is 7. The van der Waals surface area contributed by atoms with Crippen LogP contribution >= 0.6 is 0 Å². The molecular weight excluding hydrogens is 142 g/mol. The third-order valence-corrected chi connectivity index (χ3v) is 1.46. The zero-order chi connectivity index (χ0) is 8.53. The van der Waals surface area contributed by atoms with E-state index < -0.39 is 0 Å². The maximum Gasteiger partial charge on any atom is 0.133 e. The molecule has 0 aromatic heterocycles. The molecule has 66 valence electrons. The van der Waals surface area contributed by atoms with Gasteiger partial charge in [0.05, 0.1) is 6.54 Å². The first-order chi connectivity index (χ1) is 5.35. The van der Waals surface area contributed by atoms with E-state index in [1.54, 1.807) is 0 Å². The molecule has 0 rings (SSSR count). The Balaban J connectivity index is 3.27. The molecule has 0 saturated heterocycles. The summed E-state index contributed by atoms with van der Waals surface area (Å²) in [5.41, 5.74) is 5.93. The number of carbonyl (C=O) groups is 1. The third-order valence-electron chi connectivity index (χ3n) is 1.46. The van der Waals surface area contributed by atoms with Crippen molar-refractivity contribution in [3.05, 3.63) is 0 Å². The van der Waals surface area contributed by atoms with Gasteiger partial charge in [0.2, 0.25) is 0 Å². The highest BCUT2D eigenvalue weighted by atomic mass is 16.1. The fraction of sp³-hybridized carbons (Fsp3) is 0.857. The molecule has 0 aliphatic rings. The number of hydrazine groups is 1. The van der Waals surface area contributed by atoms with Gasteiger partial charge in [-0.3, -0.25) is 10.9 Å². The molecule has 0 aliphatic carbocycles. The van der Waals surface area contributed by atoms with Crippen molar-refractivity contribution in [1.82, 2.24) is 16.2 Å². The van der Waals surface area contributed by atoms with Crippen LogP contribution in [0.3, 0.4) is 0 Å². The largest absolute Gasteiger partial charge is 0.309 e. The van der Waals surface area contributed by atoms with Gasteiger partial charge in [0.15, 0.2) is 0 Å². The van der Waals surface area contributed by atoms with Crippen LogP contribution in [0.25, 0.3) is 0 Å². The van der Waals surface area contributed by atoms with Gasteiger partial charge in [-0.25, -0.2) is 0 Å². The Bertz CT molecular complexity index is 97.7. The average Bonchev–Trinajstić information content (AvgIpc) is 2.03. The Kier molecular flexibility index (Phi) is 7.34. The summed E-state index contributed by atoms with van der Waals surface area (Å²) in [4.78, 5) is 9.93. The van der Waals surface area contributed by atoms with Crippen molar-refractivity contribution in [1.29, 1.82) is 0 Å². The van der Waals surface area contributed by atoms with Crippen LogP contribution in [-0.2, 0) is 4.79 Å². The first-order valence-electron chi connectivity index (χ1n) is 3.91. The zero-order valence-corrected chi connectivity index (χ0v) is 7.18. The average molecular weight is 159 g/mol. The van der Waals surface area contributed by atoms with Gasteiger partial charge in [-0.05, 0) is 13.5 Å². The Hall–Kier alpha value is -0.450. The summed E-state index contributed by atoms with van der Waals surface area (Å²) in [6.45, 7) is 3.34. The van der Waals surface area contributed by atoms with Crippen LogP contribution in [0.15, 0.2) is 0 Å². The first-order valence-corrected chi connectivity index (χ1v) is 3.91. The molecule has 0 aliphatic heterocycles. The predicted octanol–water partition coefficient (Wildman–Crippen LogP) is -0.722. The summed E-state index contributed by atoms with van der Waals surface area (Å²) in [6.07, 6.45) is 1.90. The highest BCUT2D eigenvalue weighted by molar-refractivity contribution is 5.51. The van der Waals surface area contributed by atoms with Gasteiger partial charge in [-0.15, -0.1) is 0 Å². The van der Waals surface area contributed by atoms with Crippen molar-refractivity contribution >= 4 is 6.29 Å². The van der Waals surface area contributed by atoms with E-state index in [0.717, 1.165) is 19.3 Å². The van der Waals surface area contributed by atoms with Crippen LogP contribution < -0.4 is 16.2 Å². The highest BCUT2D eigenvalue weighted by Gasteiger charge is 2.01. The molecule has 3 N–H and O–H groups in total. The maximum absolute atomic E-state index is 9.93. The van der Waals surface area contributed by atoms with Crippen LogP contribution in [0.1, 0.15) is 13.3 Å². The molecule has 4 heteroatoms. The summed E-state index contributed by atoms with van der Waals surface area (Å²) in [6, 6.07) is 0.389. The van der Waals surface area contributed by atoms with E-state index >= 15 is 0 Å². The van der Waals surface area contributed by atoms with Gasteiger partial charge >= 0.3 is 0 Å². The summed E-state index contributed by atoms with van der Waals surface area (Å²) < 4.78 is 0. The molecule has 1 unspecified atom stereocenters. The minimum absolute atomic E-state index is 0.389. The van der Waals surface area contributed by atoms with Crippen LogP contribution in [0.4, 0.5) is 0 Å². The van der Waals surface area contributed by atoms with Gasteiger partial charge in [-0.1, -0.05) is 6.92 Å². The lowest BCUT2D eigenvalue weighted by atomic mass is 10.2. The Labute approximate surface area is 67.7 Å². The molecular formula is C7H17N3O. The minimum atomic E-state index is 0.389. The van der Waals surface area contributed by atoms with E-state index in [-0.39, 0.29) is 0 Å².